The first-order valence-electron chi connectivity index (χ1n) is 14.2. The van der Waals surface area contributed by atoms with Gasteiger partial charge in [-0.15, -0.1) is 0 Å². The zero-order valence-electron chi connectivity index (χ0n) is 23.6. The first-order valence-corrected chi connectivity index (χ1v) is 14.2. The van der Waals surface area contributed by atoms with Gasteiger partial charge in [0.1, 0.15) is 0 Å². The van der Waals surface area contributed by atoms with Gasteiger partial charge in [-0.05, 0) is 51.4 Å². The highest BCUT2D eigenvalue weighted by molar-refractivity contribution is 5.84. The summed E-state index contributed by atoms with van der Waals surface area (Å²) in [4.78, 5) is 59.7. The Kier molecular flexibility index (Phi) is 9.40. The van der Waals surface area contributed by atoms with Crippen molar-refractivity contribution < 1.29 is 53.4 Å². The van der Waals surface area contributed by atoms with Crippen LogP contribution in [0, 0.1) is 23.7 Å². The van der Waals surface area contributed by atoms with Crippen LogP contribution in [0.4, 0.5) is 0 Å². The second-order valence-electron chi connectivity index (χ2n) is 11.8. The highest BCUT2D eigenvalue weighted by Gasteiger charge is 2.69. The van der Waals surface area contributed by atoms with Crippen molar-refractivity contribution in [2.24, 2.45) is 23.7 Å². The molecular weight excluding hydrogens is 528 g/mol. The number of aliphatic hydroxyl groups is 1. The number of carboxylic acids is 1. The first-order chi connectivity index (χ1) is 18.9. The summed E-state index contributed by atoms with van der Waals surface area (Å²) in [6.07, 6.45) is 0.639. The minimum Gasteiger partial charge on any atom is -0.480 e. The molecule has 13 heteroatoms. The summed E-state index contributed by atoms with van der Waals surface area (Å²) in [6, 6.07) is -1.40. The number of aliphatic hydroxyl groups excluding tert-OH is 1. The van der Waals surface area contributed by atoms with Crippen LogP contribution >= 0.6 is 0 Å². The normalized spacial score (nSPS) is 37.8. The minimum atomic E-state index is -1.40. The number of carbonyl (C=O) groups is 4. The van der Waals surface area contributed by atoms with E-state index in [-0.39, 0.29) is 55.9 Å². The van der Waals surface area contributed by atoms with E-state index >= 15 is 0 Å². The van der Waals surface area contributed by atoms with Gasteiger partial charge >= 0.3 is 11.9 Å². The molecule has 0 aromatic carbocycles. The Morgan fingerprint density at radius 2 is 1.77 bits per heavy atom. The molecule has 10 atom stereocenters. The molecule has 1 spiro atoms. The van der Waals surface area contributed by atoms with E-state index in [0.29, 0.717) is 12.3 Å². The van der Waals surface area contributed by atoms with E-state index in [1.165, 1.54) is 6.92 Å². The molecule has 5 rings (SSSR count). The SMILES string of the molecule is CC(O)C(NC(=O)CCCNC(=O)CCC(=O)OC1O[C@H]2OC3(C)CC[C@H]4[C@H](C)CCC(C1C)C24OO3)C(=O)O. The van der Waals surface area contributed by atoms with Crippen LogP contribution in [0.5, 0.6) is 0 Å². The van der Waals surface area contributed by atoms with Gasteiger partial charge in [0, 0.05) is 37.6 Å². The number of fused-ring (bicyclic) bond motifs is 2. The van der Waals surface area contributed by atoms with Crippen molar-refractivity contribution in [1.29, 1.82) is 0 Å². The van der Waals surface area contributed by atoms with Crippen LogP contribution < -0.4 is 10.6 Å². The zero-order valence-corrected chi connectivity index (χ0v) is 23.6. The second kappa shape index (κ2) is 12.3. The van der Waals surface area contributed by atoms with Crippen molar-refractivity contribution in [3.63, 3.8) is 0 Å². The lowest BCUT2D eigenvalue weighted by molar-refractivity contribution is -0.576. The van der Waals surface area contributed by atoms with Crippen LogP contribution in [-0.4, -0.2) is 76.6 Å². The summed E-state index contributed by atoms with van der Waals surface area (Å²) in [5.41, 5.74) is -0.752. The highest BCUT2D eigenvalue weighted by atomic mass is 17.3. The van der Waals surface area contributed by atoms with Crippen LogP contribution in [0.2, 0.25) is 0 Å². The third-order valence-electron chi connectivity index (χ3n) is 8.87. The average molecular weight is 571 g/mol. The Hall–Kier alpha value is -2.32. The fraction of sp³-hybridized carbons (Fsp3) is 0.852. The lowest BCUT2D eigenvalue weighted by Crippen LogP contribution is -2.70. The molecule has 4 saturated heterocycles. The van der Waals surface area contributed by atoms with Crippen LogP contribution in [0.15, 0.2) is 0 Å². The molecule has 40 heavy (non-hydrogen) atoms. The lowest BCUT2D eigenvalue weighted by atomic mass is 9.58. The summed E-state index contributed by atoms with van der Waals surface area (Å²) in [5.74, 6) is -3.30. The topological polar surface area (TPSA) is 179 Å². The quantitative estimate of drug-likeness (QED) is 0.160. The number of carboxylic acid groups (broad SMARTS) is 1. The van der Waals surface area contributed by atoms with Gasteiger partial charge in [0.25, 0.3) is 0 Å². The van der Waals surface area contributed by atoms with E-state index in [2.05, 4.69) is 17.6 Å². The van der Waals surface area contributed by atoms with E-state index in [1.807, 2.05) is 13.8 Å². The Balaban J connectivity index is 1.22. The smallest absolute Gasteiger partial charge is 0.328 e. The largest absolute Gasteiger partial charge is 0.480 e. The van der Waals surface area contributed by atoms with E-state index < -0.39 is 54.0 Å². The van der Waals surface area contributed by atoms with E-state index in [1.54, 1.807) is 0 Å². The van der Waals surface area contributed by atoms with Gasteiger partial charge in [0.05, 0.1) is 12.5 Å². The maximum atomic E-state index is 12.7. The Labute approximate surface area is 233 Å². The molecule has 1 saturated carbocycles. The van der Waals surface area contributed by atoms with Crippen molar-refractivity contribution >= 4 is 23.8 Å². The van der Waals surface area contributed by atoms with Crippen molar-refractivity contribution in [3.05, 3.63) is 0 Å². The molecule has 4 heterocycles. The van der Waals surface area contributed by atoms with Gasteiger partial charge in [-0.2, -0.15) is 0 Å². The average Bonchev–Trinajstić information content (AvgIpc) is 3.12. The first kappa shape index (κ1) is 30.6. The summed E-state index contributed by atoms with van der Waals surface area (Å²) >= 11 is 0. The van der Waals surface area contributed by atoms with Crippen molar-refractivity contribution in [1.82, 2.24) is 10.6 Å². The number of hydrogen-bond donors (Lipinski definition) is 4. The van der Waals surface area contributed by atoms with Gasteiger partial charge in [-0.1, -0.05) is 13.8 Å². The highest BCUT2D eigenvalue weighted by Crippen LogP contribution is 2.60. The Morgan fingerprint density at radius 1 is 1.02 bits per heavy atom. The Morgan fingerprint density at radius 3 is 2.48 bits per heavy atom. The summed E-state index contributed by atoms with van der Waals surface area (Å²) in [6.45, 7) is 7.46. The predicted octanol–water partition coefficient (Wildman–Crippen LogP) is 1.36. The van der Waals surface area contributed by atoms with Gasteiger partial charge in [-0.25, -0.2) is 14.6 Å². The van der Waals surface area contributed by atoms with Crippen LogP contribution in [0.1, 0.15) is 79.1 Å². The fourth-order valence-electron chi connectivity index (χ4n) is 6.61. The van der Waals surface area contributed by atoms with E-state index in [4.69, 9.17) is 29.1 Å². The molecular formula is C27H42N2O11. The third kappa shape index (κ3) is 6.28. The van der Waals surface area contributed by atoms with Gasteiger partial charge < -0.3 is 35.1 Å². The number of esters is 1. The molecule has 1 aliphatic carbocycles. The summed E-state index contributed by atoms with van der Waals surface area (Å²) in [7, 11) is 0. The number of aliphatic carboxylic acids is 1. The van der Waals surface area contributed by atoms with Gasteiger partial charge in [-0.3, -0.25) is 14.4 Å². The second-order valence-corrected chi connectivity index (χ2v) is 11.8. The molecule has 226 valence electrons. The molecule has 5 aliphatic rings. The maximum Gasteiger partial charge on any atom is 0.328 e. The predicted molar refractivity (Wildman–Crippen MR) is 136 cm³/mol. The van der Waals surface area contributed by atoms with Crippen molar-refractivity contribution in [3.8, 4) is 0 Å². The third-order valence-corrected chi connectivity index (χ3v) is 8.87. The molecule has 2 bridgehead atoms. The molecule has 4 aliphatic heterocycles. The number of ether oxygens (including phenoxy) is 3. The fourth-order valence-corrected chi connectivity index (χ4v) is 6.61. The van der Waals surface area contributed by atoms with Crippen molar-refractivity contribution in [2.45, 2.75) is 115 Å². The summed E-state index contributed by atoms with van der Waals surface area (Å²) in [5, 5.41) is 23.3. The molecule has 0 aromatic rings. The van der Waals surface area contributed by atoms with Gasteiger partial charge in [0.15, 0.2) is 17.9 Å². The number of carbonyl (C=O) groups excluding carboxylic acids is 3. The van der Waals surface area contributed by atoms with E-state index in [9.17, 15) is 24.3 Å². The van der Waals surface area contributed by atoms with Crippen LogP contribution in [-0.2, 0) is 43.2 Å². The molecule has 0 aromatic heterocycles. The standard InChI is InChI=1S/C27H42N2O11/c1-14-7-8-18-15(2)24(37-25-27(18)17(14)11-12-26(4,38-25)39-40-27)36-21(33)10-9-19(31)28-13-5-6-20(32)29-22(16(3)30)23(34)35/h14-18,22,24-25,30H,5-13H2,1-4H3,(H,28,31)(H,29,32)(H,34,35)/t14-,15?,16?,17+,18?,22?,24?,25+,26?,27?/m1/s1. The molecule has 5 fully saturated rings. The van der Waals surface area contributed by atoms with E-state index in [0.717, 1.165) is 19.3 Å². The molecule has 2 amide bonds. The lowest BCUT2D eigenvalue weighted by Gasteiger charge is -2.59. The van der Waals surface area contributed by atoms with Crippen LogP contribution in [0.25, 0.3) is 0 Å². The minimum absolute atomic E-state index is 0.0137. The Bertz CT molecular complexity index is 976. The number of nitrogens with one attached hydrogen (secondary N) is 2. The van der Waals surface area contributed by atoms with Gasteiger partial charge in [0.2, 0.25) is 23.9 Å². The maximum absolute atomic E-state index is 12.7. The number of amides is 2. The molecule has 13 nitrogen and oxygen atoms in total. The molecule has 7 unspecified atom stereocenters. The van der Waals surface area contributed by atoms with Crippen molar-refractivity contribution in [2.75, 3.05) is 6.54 Å². The van der Waals surface area contributed by atoms with Crippen LogP contribution in [0.3, 0.4) is 0 Å². The zero-order chi connectivity index (χ0) is 29.2. The number of hydrogen-bond acceptors (Lipinski definition) is 10. The molecule has 4 N–H and O–H groups in total. The number of rotatable bonds is 11. The molecule has 0 radical (unpaired) electrons. The summed E-state index contributed by atoms with van der Waals surface area (Å²) < 4.78 is 18.2. The monoisotopic (exact) mass is 570 g/mol.